The van der Waals surface area contributed by atoms with Gasteiger partial charge in [-0.2, -0.15) is 0 Å². The summed E-state index contributed by atoms with van der Waals surface area (Å²) in [5.41, 5.74) is 0. The maximum absolute atomic E-state index is 11.6. The number of aliphatic hydroxyl groups excluding tert-OH is 1. The Labute approximate surface area is 91.9 Å². The van der Waals surface area contributed by atoms with Crippen LogP contribution in [0.15, 0.2) is 0 Å². The van der Waals surface area contributed by atoms with Crippen LogP contribution in [0, 0.1) is 5.92 Å². The van der Waals surface area contributed by atoms with Gasteiger partial charge >= 0.3 is 0 Å². The van der Waals surface area contributed by atoms with Crippen molar-refractivity contribution in [2.45, 2.75) is 25.4 Å². The highest BCUT2D eigenvalue weighted by molar-refractivity contribution is 5.76. The minimum absolute atomic E-state index is 0.125. The Morgan fingerprint density at radius 2 is 1.93 bits per heavy atom. The van der Waals surface area contributed by atoms with Crippen LogP contribution < -0.4 is 0 Å². The number of nitrogens with zero attached hydrogens (tertiary/aromatic N) is 2. The van der Waals surface area contributed by atoms with Gasteiger partial charge in [-0.3, -0.25) is 4.79 Å². The van der Waals surface area contributed by atoms with Crippen molar-refractivity contribution in [2.24, 2.45) is 5.92 Å². The Balaban J connectivity index is 2.15. The SMILES string of the molecule is CN(C)CCC(=O)N(C)CC1CC(O)C1. The van der Waals surface area contributed by atoms with Gasteiger partial charge in [0.15, 0.2) is 0 Å². The summed E-state index contributed by atoms with van der Waals surface area (Å²) in [7, 11) is 5.79. The smallest absolute Gasteiger partial charge is 0.223 e. The predicted molar refractivity (Wildman–Crippen MR) is 59.5 cm³/mol. The Bertz CT molecular complexity index is 213. The molecule has 0 aromatic heterocycles. The lowest BCUT2D eigenvalue weighted by atomic mass is 9.82. The summed E-state index contributed by atoms with van der Waals surface area (Å²) in [6.07, 6.45) is 2.16. The third-order valence-corrected chi connectivity index (χ3v) is 2.94. The van der Waals surface area contributed by atoms with Gasteiger partial charge in [-0.15, -0.1) is 0 Å². The van der Waals surface area contributed by atoms with Gasteiger partial charge < -0.3 is 14.9 Å². The quantitative estimate of drug-likeness (QED) is 0.709. The molecule has 4 nitrogen and oxygen atoms in total. The van der Waals surface area contributed by atoms with Crippen LogP contribution in [0.2, 0.25) is 0 Å². The van der Waals surface area contributed by atoms with Crippen molar-refractivity contribution in [1.82, 2.24) is 9.80 Å². The molecule has 1 aliphatic rings. The zero-order valence-corrected chi connectivity index (χ0v) is 9.94. The second kappa shape index (κ2) is 5.47. The lowest BCUT2D eigenvalue weighted by Gasteiger charge is -2.34. The van der Waals surface area contributed by atoms with Crippen molar-refractivity contribution in [3.63, 3.8) is 0 Å². The molecule has 1 aliphatic carbocycles. The molecule has 1 saturated carbocycles. The van der Waals surface area contributed by atoms with E-state index in [1.807, 2.05) is 26.0 Å². The summed E-state index contributed by atoms with van der Waals surface area (Å²) in [5, 5.41) is 9.14. The highest BCUT2D eigenvalue weighted by atomic mass is 16.3. The maximum Gasteiger partial charge on any atom is 0.223 e. The van der Waals surface area contributed by atoms with E-state index in [0.717, 1.165) is 25.9 Å². The van der Waals surface area contributed by atoms with Crippen LogP contribution in [-0.2, 0) is 4.79 Å². The fourth-order valence-electron chi connectivity index (χ4n) is 1.85. The maximum atomic E-state index is 11.6. The topological polar surface area (TPSA) is 43.8 Å². The molecular weight excluding hydrogens is 192 g/mol. The molecule has 0 heterocycles. The second-order valence-corrected chi connectivity index (χ2v) is 4.82. The fraction of sp³-hybridized carbons (Fsp3) is 0.909. The molecule has 0 aromatic rings. The van der Waals surface area contributed by atoms with E-state index in [-0.39, 0.29) is 12.0 Å². The number of carbonyl (C=O) groups excluding carboxylic acids is 1. The first-order chi connectivity index (χ1) is 6.99. The van der Waals surface area contributed by atoms with E-state index in [0.29, 0.717) is 12.3 Å². The molecule has 0 spiro atoms. The number of carbonyl (C=O) groups is 1. The highest BCUT2D eigenvalue weighted by Crippen LogP contribution is 2.27. The fourth-order valence-corrected chi connectivity index (χ4v) is 1.85. The molecule has 15 heavy (non-hydrogen) atoms. The molecule has 1 N–H and O–H groups in total. The predicted octanol–water partition coefficient (Wildman–Crippen LogP) is 0.167. The van der Waals surface area contributed by atoms with Crippen LogP contribution in [0.3, 0.4) is 0 Å². The molecule has 0 unspecified atom stereocenters. The first-order valence-electron chi connectivity index (χ1n) is 5.55. The largest absolute Gasteiger partial charge is 0.393 e. The Kier molecular flexibility index (Phi) is 4.54. The number of rotatable bonds is 5. The molecule has 1 fully saturated rings. The second-order valence-electron chi connectivity index (χ2n) is 4.82. The molecule has 0 saturated heterocycles. The van der Waals surface area contributed by atoms with E-state index >= 15 is 0 Å². The zero-order valence-electron chi connectivity index (χ0n) is 9.94. The third-order valence-electron chi connectivity index (χ3n) is 2.94. The lowest BCUT2D eigenvalue weighted by molar-refractivity contribution is -0.131. The Morgan fingerprint density at radius 1 is 1.33 bits per heavy atom. The third kappa shape index (κ3) is 4.18. The van der Waals surface area contributed by atoms with Gasteiger partial charge in [0.2, 0.25) is 5.91 Å². The summed E-state index contributed by atoms with van der Waals surface area (Å²) in [6.45, 7) is 1.60. The summed E-state index contributed by atoms with van der Waals surface area (Å²) in [4.78, 5) is 15.4. The number of amides is 1. The van der Waals surface area contributed by atoms with Crippen LogP contribution in [0.5, 0.6) is 0 Å². The van der Waals surface area contributed by atoms with Crippen LogP contribution in [-0.4, -0.2) is 61.2 Å². The van der Waals surface area contributed by atoms with E-state index in [9.17, 15) is 4.79 Å². The molecule has 0 aliphatic heterocycles. The van der Waals surface area contributed by atoms with Crippen molar-refractivity contribution in [2.75, 3.05) is 34.2 Å². The van der Waals surface area contributed by atoms with Crippen molar-refractivity contribution in [3.05, 3.63) is 0 Å². The summed E-state index contributed by atoms with van der Waals surface area (Å²) in [6, 6.07) is 0. The van der Waals surface area contributed by atoms with Gasteiger partial charge in [0.05, 0.1) is 6.10 Å². The first-order valence-corrected chi connectivity index (χ1v) is 5.55. The van der Waals surface area contributed by atoms with Gasteiger partial charge in [0, 0.05) is 26.6 Å². The van der Waals surface area contributed by atoms with Crippen molar-refractivity contribution in [3.8, 4) is 0 Å². The molecule has 88 valence electrons. The van der Waals surface area contributed by atoms with Crippen LogP contribution in [0.4, 0.5) is 0 Å². The van der Waals surface area contributed by atoms with E-state index < -0.39 is 0 Å². The van der Waals surface area contributed by atoms with E-state index in [4.69, 9.17) is 5.11 Å². The van der Waals surface area contributed by atoms with Crippen LogP contribution in [0.25, 0.3) is 0 Å². The Hall–Kier alpha value is -0.610. The van der Waals surface area contributed by atoms with Gasteiger partial charge in [-0.1, -0.05) is 0 Å². The molecule has 0 aromatic carbocycles. The van der Waals surface area contributed by atoms with E-state index in [1.165, 1.54) is 0 Å². The van der Waals surface area contributed by atoms with Gasteiger partial charge in [0.25, 0.3) is 0 Å². The average molecular weight is 214 g/mol. The highest BCUT2D eigenvalue weighted by Gasteiger charge is 2.28. The molecule has 4 heteroatoms. The van der Waals surface area contributed by atoms with Crippen molar-refractivity contribution >= 4 is 5.91 Å². The summed E-state index contributed by atoms with van der Waals surface area (Å²) >= 11 is 0. The average Bonchev–Trinajstić information content (AvgIpc) is 2.11. The molecule has 1 rings (SSSR count). The Morgan fingerprint density at radius 3 is 2.40 bits per heavy atom. The van der Waals surface area contributed by atoms with Crippen molar-refractivity contribution < 1.29 is 9.90 Å². The summed E-state index contributed by atoms with van der Waals surface area (Å²) < 4.78 is 0. The normalized spacial score (nSPS) is 25.1. The summed E-state index contributed by atoms with van der Waals surface area (Å²) in [5.74, 6) is 0.707. The number of hydrogen-bond acceptors (Lipinski definition) is 3. The molecule has 1 amide bonds. The van der Waals surface area contributed by atoms with E-state index in [1.54, 1.807) is 4.90 Å². The van der Waals surface area contributed by atoms with Gasteiger partial charge in [-0.25, -0.2) is 0 Å². The number of hydrogen-bond donors (Lipinski definition) is 1. The molecule has 0 radical (unpaired) electrons. The molecular formula is C11H22N2O2. The van der Waals surface area contributed by atoms with Gasteiger partial charge in [-0.05, 0) is 32.9 Å². The monoisotopic (exact) mass is 214 g/mol. The van der Waals surface area contributed by atoms with E-state index in [2.05, 4.69) is 0 Å². The van der Waals surface area contributed by atoms with Gasteiger partial charge in [0.1, 0.15) is 0 Å². The zero-order chi connectivity index (χ0) is 11.4. The minimum Gasteiger partial charge on any atom is -0.393 e. The van der Waals surface area contributed by atoms with Crippen LogP contribution >= 0.6 is 0 Å². The minimum atomic E-state index is -0.125. The van der Waals surface area contributed by atoms with Crippen LogP contribution in [0.1, 0.15) is 19.3 Å². The van der Waals surface area contributed by atoms with Crippen molar-refractivity contribution in [1.29, 1.82) is 0 Å². The molecule has 0 atom stereocenters. The lowest BCUT2D eigenvalue weighted by Crippen LogP contribution is -2.40. The number of aliphatic hydroxyl groups is 1. The first kappa shape index (κ1) is 12.5. The molecule has 0 bridgehead atoms. The standard InChI is InChI=1S/C11H22N2O2/c1-12(2)5-4-11(15)13(3)8-9-6-10(14)7-9/h9-10,14H,4-8H2,1-3H3.